The first kappa shape index (κ1) is 13.6. The summed E-state index contributed by atoms with van der Waals surface area (Å²) in [5, 5.41) is 6.27. The normalized spacial score (nSPS) is 13.8. The number of aromatic nitrogens is 1. The lowest BCUT2D eigenvalue weighted by Gasteiger charge is -2.10. The van der Waals surface area contributed by atoms with Crippen LogP contribution in [0.5, 0.6) is 0 Å². The third-order valence-corrected chi connectivity index (χ3v) is 3.80. The van der Waals surface area contributed by atoms with E-state index in [1.807, 2.05) is 38.1 Å². The lowest BCUT2D eigenvalue weighted by Crippen LogP contribution is -2.15. The van der Waals surface area contributed by atoms with Crippen LogP contribution in [0.15, 0.2) is 36.5 Å². The van der Waals surface area contributed by atoms with E-state index in [2.05, 4.69) is 15.6 Å². The highest BCUT2D eigenvalue weighted by Crippen LogP contribution is 2.24. The first-order valence-electron chi connectivity index (χ1n) is 7.23. The van der Waals surface area contributed by atoms with Crippen molar-refractivity contribution < 1.29 is 4.79 Å². The number of nitrogens with one attached hydrogen (secondary N) is 2. The molecule has 0 aliphatic heterocycles. The summed E-state index contributed by atoms with van der Waals surface area (Å²) in [7, 11) is 0. The van der Waals surface area contributed by atoms with Gasteiger partial charge in [0.1, 0.15) is 5.69 Å². The molecule has 0 radical (unpaired) electrons. The molecule has 0 saturated heterocycles. The Morgan fingerprint density at radius 3 is 2.67 bits per heavy atom. The van der Waals surface area contributed by atoms with Gasteiger partial charge in [-0.2, -0.15) is 0 Å². The average Bonchev–Trinajstić information content (AvgIpc) is 3.28. The van der Waals surface area contributed by atoms with Gasteiger partial charge < -0.3 is 10.6 Å². The molecule has 2 N–H and O–H groups in total. The molecule has 21 heavy (non-hydrogen) atoms. The number of rotatable bonds is 4. The molecule has 1 aromatic heterocycles. The standard InChI is InChI=1S/C17H19N3O/c1-11-4-3-5-15(12(11)2)20-17(21)16-9-8-14(10-18-16)19-13-6-7-13/h3-5,8-10,13,19H,6-7H2,1-2H3,(H,20,21). The van der Waals surface area contributed by atoms with Crippen LogP contribution in [0.2, 0.25) is 0 Å². The number of anilines is 2. The zero-order valence-corrected chi connectivity index (χ0v) is 12.3. The molecule has 4 heteroatoms. The summed E-state index contributed by atoms with van der Waals surface area (Å²) < 4.78 is 0. The molecule has 2 aromatic rings. The van der Waals surface area contributed by atoms with Crippen molar-refractivity contribution in [2.75, 3.05) is 10.6 Å². The molecule has 0 spiro atoms. The minimum atomic E-state index is -0.179. The molecule has 3 rings (SSSR count). The van der Waals surface area contributed by atoms with Crippen LogP contribution in [-0.2, 0) is 0 Å². The Morgan fingerprint density at radius 1 is 1.19 bits per heavy atom. The second kappa shape index (κ2) is 5.56. The van der Waals surface area contributed by atoms with Gasteiger partial charge in [0.2, 0.25) is 0 Å². The van der Waals surface area contributed by atoms with E-state index in [1.165, 1.54) is 12.8 Å². The van der Waals surface area contributed by atoms with E-state index in [9.17, 15) is 4.79 Å². The largest absolute Gasteiger partial charge is 0.381 e. The van der Waals surface area contributed by atoms with Crippen LogP contribution in [0.1, 0.15) is 34.5 Å². The van der Waals surface area contributed by atoms with Gasteiger partial charge in [0, 0.05) is 11.7 Å². The highest BCUT2D eigenvalue weighted by molar-refractivity contribution is 6.03. The summed E-state index contributed by atoms with van der Waals surface area (Å²) in [6, 6.07) is 10.1. The van der Waals surface area contributed by atoms with Crippen LogP contribution >= 0.6 is 0 Å². The number of hydrogen-bond donors (Lipinski definition) is 2. The Morgan fingerprint density at radius 2 is 2.00 bits per heavy atom. The Balaban J connectivity index is 1.70. The summed E-state index contributed by atoms with van der Waals surface area (Å²) in [5.41, 5.74) is 4.47. The zero-order valence-electron chi connectivity index (χ0n) is 12.3. The smallest absolute Gasteiger partial charge is 0.274 e. The molecule has 1 aliphatic carbocycles. The van der Waals surface area contributed by atoms with Crippen LogP contribution in [0.4, 0.5) is 11.4 Å². The van der Waals surface area contributed by atoms with E-state index in [0.29, 0.717) is 11.7 Å². The highest BCUT2D eigenvalue weighted by atomic mass is 16.1. The third-order valence-electron chi connectivity index (χ3n) is 3.80. The molecule has 0 bridgehead atoms. The summed E-state index contributed by atoms with van der Waals surface area (Å²) >= 11 is 0. The lowest BCUT2D eigenvalue weighted by molar-refractivity contribution is 0.102. The molecule has 4 nitrogen and oxygen atoms in total. The monoisotopic (exact) mass is 281 g/mol. The van der Waals surface area contributed by atoms with Crippen molar-refractivity contribution in [1.82, 2.24) is 4.98 Å². The predicted molar refractivity (Wildman–Crippen MR) is 84.8 cm³/mol. The maximum atomic E-state index is 12.2. The first-order chi connectivity index (χ1) is 10.1. The number of amides is 1. The van der Waals surface area contributed by atoms with Crippen LogP contribution in [0.3, 0.4) is 0 Å². The number of nitrogens with zero attached hydrogens (tertiary/aromatic N) is 1. The molecule has 0 unspecified atom stereocenters. The highest BCUT2D eigenvalue weighted by Gasteiger charge is 2.20. The Bertz CT molecular complexity index is 660. The van der Waals surface area contributed by atoms with Crippen LogP contribution in [0.25, 0.3) is 0 Å². The van der Waals surface area contributed by atoms with E-state index in [4.69, 9.17) is 0 Å². The molecule has 1 aromatic carbocycles. The number of aryl methyl sites for hydroxylation is 1. The summed E-state index contributed by atoms with van der Waals surface area (Å²) in [6.45, 7) is 4.03. The molecule has 0 atom stereocenters. The summed E-state index contributed by atoms with van der Waals surface area (Å²) in [4.78, 5) is 16.5. The quantitative estimate of drug-likeness (QED) is 0.901. The van der Waals surface area contributed by atoms with E-state index in [0.717, 1.165) is 22.5 Å². The summed E-state index contributed by atoms with van der Waals surface area (Å²) in [6.07, 6.45) is 4.15. The SMILES string of the molecule is Cc1cccc(NC(=O)c2ccc(NC3CC3)cn2)c1C. The average molecular weight is 281 g/mol. The fourth-order valence-corrected chi connectivity index (χ4v) is 2.15. The van der Waals surface area contributed by atoms with Gasteiger partial charge >= 0.3 is 0 Å². The second-order valence-electron chi connectivity index (χ2n) is 5.55. The van der Waals surface area contributed by atoms with Crippen LogP contribution in [-0.4, -0.2) is 16.9 Å². The summed E-state index contributed by atoms with van der Waals surface area (Å²) in [5.74, 6) is -0.179. The number of benzene rings is 1. The van der Waals surface area contributed by atoms with Gasteiger partial charge in [0.25, 0.3) is 5.91 Å². The number of hydrogen-bond acceptors (Lipinski definition) is 3. The molecular formula is C17H19N3O. The van der Waals surface area contributed by atoms with Crippen molar-refractivity contribution in [3.63, 3.8) is 0 Å². The van der Waals surface area contributed by atoms with Gasteiger partial charge in [-0.3, -0.25) is 4.79 Å². The van der Waals surface area contributed by atoms with Gasteiger partial charge in [-0.1, -0.05) is 12.1 Å². The van der Waals surface area contributed by atoms with Crippen molar-refractivity contribution in [2.45, 2.75) is 32.7 Å². The fourth-order valence-electron chi connectivity index (χ4n) is 2.15. The minimum absolute atomic E-state index is 0.179. The number of pyridine rings is 1. The van der Waals surface area contributed by atoms with Gasteiger partial charge in [-0.25, -0.2) is 4.98 Å². The topological polar surface area (TPSA) is 54.0 Å². The lowest BCUT2D eigenvalue weighted by atomic mass is 10.1. The van der Waals surface area contributed by atoms with Crippen molar-refractivity contribution in [1.29, 1.82) is 0 Å². The Hall–Kier alpha value is -2.36. The van der Waals surface area contributed by atoms with Crippen molar-refractivity contribution in [3.05, 3.63) is 53.3 Å². The van der Waals surface area contributed by atoms with E-state index in [-0.39, 0.29) is 5.91 Å². The van der Waals surface area contributed by atoms with E-state index < -0.39 is 0 Å². The van der Waals surface area contributed by atoms with E-state index >= 15 is 0 Å². The third kappa shape index (κ3) is 3.21. The van der Waals surface area contributed by atoms with Crippen LogP contribution in [0, 0.1) is 13.8 Å². The molecule has 1 aliphatic rings. The Labute approximate surface area is 124 Å². The minimum Gasteiger partial charge on any atom is -0.381 e. The maximum Gasteiger partial charge on any atom is 0.274 e. The number of carbonyl (C=O) groups is 1. The molecule has 1 fully saturated rings. The van der Waals surface area contributed by atoms with Crippen molar-refractivity contribution in [3.8, 4) is 0 Å². The molecule has 1 heterocycles. The second-order valence-corrected chi connectivity index (χ2v) is 5.55. The predicted octanol–water partition coefficient (Wildman–Crippen LogP) is 3.53. The molecule has 1 amide bonds. The van der Waals surface area contributed by atoms with E-state index in [1.54, 1.807) is 12.3 Å². The number of carbonyl (C=O) groups excluding carboxylic acids is 1. The van der Waals surface area contributed by atoms with Gasteiger partial charge in [0.15, 0.2) is 0 Å². The molecule has 108 valence electrons. The van der Waals surface area contributed by atoms with Gasteiger partial charge in [0.05, 0.1) is 11.9 Å². The fraction of sp³-hybridized carbons (Fsp3) is 0.294. The maximum absolute atomic E-state index is 12.2. The zero-order chi connectivity index (χ0) is 14.8. The van der Waals surface area contributed by atoms with Gasteiger partial charge in [-0.05, 0) is 56.0 Å². The van der Waals surface area contributed by atoms with Gasteiger partial charge in [-0.15, -0.1) is 0 Å². The molecular weight excluding hydrogens is 262 g/mol. The van der Waals surface area contributed by atoms with Crippen molar-refractivity contribution in [2.24, 2.45) is 0 Å². The first-order valence-corrected chi connectivity index (χ1v) is 7.23. The Kier molecular flexibility index (Phi) is 3.60. The van der Waals surface area contributed by atoms with Crippen LogP contribution < -0.4 is 10.6 Å². The molecule has 1 saturated carbocycles. The van der Waals surface area contributed by atoms with Crippen molar-refractivity contribution >= 4 is 17.3 Å².